The summed E-state index contributed by atoms with van der Waals surface area (Å²) in [6.07, 6.45) is 5.38. The summed E-state index contributed by atoms with van der Waals surface area (Å²) >= 11 is 0. The number of methoxy groups -OCH3 is 1. The number of aliphatic hydroxyl groups is 1. The smallest absolute Gasteiger partial charge is 0.317 e. The van der Waals surface area contributed by atoms with Crippen molar-refractivity contribution >= 4 is 6.03 Å². The molecule has 1 unspecified atom stereocenters. The van der Waals surface area contributed by atoms with Crippen molar-refractivity contribution in [3.8, 4) is 5.75 Å². The van der Waals surface area contributed by atoms with Crippen molar-refractivity contribution < 1.29 is 14.6 Å². The molecule has 1 aliphatic heterocycles. The van der Waals surface area contributed by atoms with Gasteiger partial charge >= 0.3 is 6.03 Å². The monoisotopic (exact) mass is 448 g/mol. The number of urea groups is 1. The summed E-state index contributed by atoms with van der Waals surface area (Å²) in [5, 5.41) is 13.9. The molecule has 174 valence electrons. The molecule has 4 rings (SSSR count). The molecule has 7 heteroatoms. The van der Waals surface area contributed by atoms with Gasteiger partial charge in [-0.25, -0.2) is 9.78 Å². The van der Waals surface area contributed by atoms with Gasteiger partial charge in [0.15, 0.2) is 0 Å². The van der Waals surface area contributed by atoms with Crippen molar-refractivity contribution in [2.45, 2.75) is 44.9 Å². The molecule has 2 N–H and O–H groups in total. The highest BCUT2D eigenvalue weighted by atomic mass is 16.5. The van der Waals surface area contributed by atoms with Gasteiger partial charge in [0.2, 0.25) is 0 Å². The number of ether oxygens (including phenoxy) is 1. The zero-order valence-corrected chi connectivity index (χ0v) is 19.1. The second-order valence-electron chi connectivity index (χ2n) is 8.44. The van der Waals surface area contributed by atoms with E-state index in [9.17, 15) is 9.90 Å². The first-order valence-electron chi connectivity index (χ1n) is 11.6. The lowest BCUT2D eigenvalue weighted by atomic mass is 10.1. The van der Waals surface area contributed by atoms with Crippen LogP contribution in [0.5, 0.6) is 5.75 Å². The predicted octanol–water partition coefficient (Wildman–Crippen LogP) is 3.72. The quantitative estimate of drug-likeness (QED) is 0.523. The lowest BCUT2D eigenvalue weighted by molar-refractivity contribution is 0.118. The van der Waals surface area contributed by atoms with Gasteiger partial charge in [0.05, 0.1) is 25.5 Å². The van der Waals surface area contributed by atoms with Crippen LogP contribution in [-0.2, 0) is 25.9 Å². The molecule has 0 bridgehead atoms. The third kappa shape index (κ3) is 6.14. The third-order valence-electron chi connectivity index (χ3n) is 5.99. The number of hydrogen-bond acceptors (Lipinski definition) is 4. The molecular weight excluding hydrogens is 416 g/mol. The average molecular weight is 449 g/mol. The van der Waals surface area contributed by atoms with Crippen molar-refractivity contribution in [3.05, 3.63) is 83.4 Å². The second kappa shape index (κ2) is 11.0. The van der Waals surface area contributed by atoms with Crippen LogP contribution in [0.25, 0.3) is 0 Å². The van der Waals surface area contributed by atoms with E-state index >= 15 is 0 Å². The Hall–Kier alpha value is -3.32. The lowest BCUT2D eigenvalue weighted by Crippen LogP contribution is -2.42. The van der Waals surface area contributed by atoms with E-state index in [4.69, 9.17) is 9.72 Å². The minimum Gasteiger partial charge on any atom is -0.497 e. The van der Waals surface area contributed by atoms with Gasteiger partial charge in [0, 0.05) is 38.7 Å². The van der Waals surface area contributed by atoms with Crippen LogP contribution in [-0.4, -0.2) is 45.8 Å². The maximum Gasteiger partial charge on any atom is 0.317 e. The van der Waals surface area contributed by atoms with Gasteiger partial charge < -0.3 is 24.6 Å². The number of fused-ring (bicyclic) bond motifs is 1. The van der Waals surface area contributed by atoms with E-state index in [1.54, 1.807) is 18.1 Å². The fraction of sp³-hybridized carbons (Fsp3) is 0.385. The van der Waals surface area contributed by atoms with E-state index in [1.807, 2.05) is 48.5 Å². The predicted molar refractivity (Wildman–Crippen MR) is 127 cm³/mol. The third-order valence-corrected chi connectivity index (χ3v) is 5.99. The fourth-order valence-corrected chi connectivity index (χ4v) is 4.19. The molecular formula is C26H32N4O3. The number of aliphatic hydroxyl groups excluding tert-OH is 1. The first-order valence-corrected chi connectivity index (χ1v) is 11.6. The second-order valence-corrected chi connectivity index (χ2v) is 8.44. The van der Waals surface area contributed by atoms with E-state index in [2.05, 4.69) is 16.1 Å². The van der Waals surface area contributed by atoms with E-state index in [-0.39, 0.29) is 12.6 Å². The molecule has 33 heavy (non-hydrogen) atoms. The van der Waals surface area contributed by atoms with Gasteiger partial charge in [0.1, 0.15) is 11.6 Å². The molecule has 2 heterocycles. The van der Waals surface area contributed by atoms with Crippen LogP contribution in [0.1, 0.15) is 41.6 Å². The number of benzene rings is 2. The molecule has 0 fully saturated rings. The Labute approximate surface area is 195 Å². The number of imidazole rings is 1. The average Bonchev–Trinajstić information content (AvgIpc) is 3.27. The molecule has 1 aromatic heterocycles. The molecule has 0 radical (unpaired) electrons. The number of rotatable bonds is 9. The van der Waals surface area contributed by atoms with Crippen LogP contribution in [0.15, 0.2) is 60.8 Å². The van der Waals surface area contributed by atoms with Crippen molar-refractivity contribution in [2.75, 3.05) is 20.2 Å². The van der Waals surface area contributed by atoms with Crippen LogP contribution in [0.2, 0.25) is 0 Å². The van der Waals surface area contributed by atoms with Gasteiger partial charge in [0.25, 0.3) is 0 Å². The first kappa shape index (κ1) is 22.9. The SMILES string of the molecule is COc1cccc(C(O)CN(Cc2ccccc2)C(=O)NCCc2cn3c(n2)CCCC3)c1. The minimum absolute atomic E-state index is 0.173. The molecule has 1 atom stereocenters. The Morgan fingerprint density at radius 1 is 1.21 bits per heavy atom. The first-order chi connectivity index (χ1) is 16.1. The highest BCUT2D eigenvalue weighted by Gasteiger charge is 2.20. The number of carbonyl (C=O) groups excluding carboxylic acids is 1. The van der Waals surface area contributed by atoms with E-state index < -0.39 is 6.10 Å². The van der Waals surface area contributed by atoms with Crippen molar-refractivity contribution in [1.82, 2.24) is 19.8 Å². The maximum absolute atomic E-state index is 13.1. The number of nitrogens with zero attached hydrogens (tertiary/aromatic N) is 3. The van der Waals surface area contributed by atoms with Crippen molar-refractivity contribution in [3.63, 3.8) is 0 Å². The number of carbonyl (C=O) groups is 1. The van der Waals surface area contributed by atoms with Crippen molar-refractivity contribution in [2.24, 2.45) is 0 Å². The number of amides is 2. The van der Waals surface area contributed by atoms with Crippen LogP contribution in [0, 0.1) is 0 Å². The summed E-state index contributed by atoms with van der Waals surface area (Å²) in [4.78, 5) is 19.4. The Morgan fingerprint density at radius 3 is 2.85 bits per heavy atom. The summed E-state index contributed by atoms with van der Waals surface area (Å²) in [5.74, 6) is 1.82. The number of nitrogens with one attached hydrogen (secondary N) is 1. The summed E-state index contributed by atoms with van der Waals surface area (Å²) in [7, 11) is 1.59. The van der Waals surface area contributed by atoms with Crippen LogP contribution in [0.4, 0.5) is 4.79 Å². The van der Waals surface area contributed by atoms with Crippen LogP contribution in [0.3, 0.4) is 0 Å². The summed E-state index contributed by atoms with van der Waals surface area (Å²) in [6, 6.07) is 16.9. The number of hydrogen-bond donors (Lipinski definition) is 2. The molecule has 3 aromatic rings. The minimum atomic E-state index is -0.825. The number of aryl methyl sites for hydroxylation is 2. The van der Waals surface area contributed by atoms with E-state index in [0.717, 1.165) is 30.0 Å². The van der Waals surface area contributed by atoms with E-state index in [1.165, 1.54) is 12.8 Å². The summed E-state index contributed by atoms with van der Waals surface area (Å²) in [5.41, 5.74) is 2.73. The Morgan fingerprint density at radius 2 is 2.06 bits per heavy atom. The topological polar surface area (TPSA) is 79.6 Å². The molecule has 7 nitrogen and oxygen atoms in total. The Bertz CT molecular complexity index is 1030. The molecule has 1 aliphatic rings. The Kier molecular flexibility index (Phi) is 7.62. The molecule has 2 aromatic carbocycles. The van der Waals surface area contributed by atoms with Gasteiger partial charge in [-0.05, 0) is 36.1 Å². The maximum atomic E-state index is 13.1. The van der Waals surface area contributed by atoms with Gasteiger partial charge in [-0.3, -0.25) is 0 Å². The lowest BCUT2D eigenvalue weighted by Gasteiger charge is -2.26. The van der Waals surface area contributed by atoms with Crippen LogP contribution >= 0.6 is 0 Å². The molecule has 0 saturated carbocycles. The van der Waals surface area contributed by atoms with Crippen molar-refractivity contribution in [1.29, 1.82) is 0 Å². The highest BCUT2D eigenvalue weighted by Crippen LogP contribution is 2.21. The van der Waals surface area contributed by atoms with Gasteiger partial charge in [-0.2, -0.15) is 0 Å². The normalized spacial score (nSPS) is 13.8. The zero-order chi connectivity index (χ0) is 23.0. The molecule has 0 spiro atoms. The standard InChI is InChI=1S/C26H32N4O3/c1-33-23-11-7-10-21(16-23)24(31)19-30(17-20-8-3-2-4-9-20)26(32)27-14-13-22-18-29-15-6-5-12-25(29)28-22/h2-4,7-11,16,18,24,31H,5-6,12-15,17,19H2,1H3,(H,27,32). The molecule has 0 aliphatic carbocycles. The van der Waals surface area contributed by atoms with Gasteiger partial charge in [-0.1, -0.05) is 42.5 Å². The highest BCUT2D eigenvalue weighted by molar-refractivity contribution is 5.74. The zero-order valence-electron chi connectivity index (χ0n) is 19.1. The summed E-state index contributed by atoms with van der Waals surface area (Å²) in [6.45, 7) is 2.11. The molecule has 2 amide bonds. The van der Waals surface area contributed by atoms with Crippen LogP contribution < -0.4 is 10.1 Å². The summed E-state index contributed by atoms with van der Waals surface area (Å²) < 4.78 is 7.50. The van der Waals surface area contributed by atoms with E-state index in [0.29, 0.717) is 30.8 Å². The molecule has 0 saturated heterocycles. The largest absolute Gasteiger partial charge is 0.497 e. The Balaban J connectivity index is 1.39. The number of aromatic nitrogens is 2. The fourth-order valence-electron chi connectivity index (χ4n) is 4.19. The van der Waals surface area contributed by atoms with Gasteiger partial charge in [-0.15, -0.1) is 0 Å².